The number of nitrogens with two attached hydrogens (primary N) is 1. The van der Waals surface area contributed by atoms with Crippen LogP contribution in [0.15, 0.2) is 24.3 Å². The molecule has 1 amide bonds. The number of nitrogens with one attached hydrogen (secondary N) is 1. The lowest BCUT2D eigenvalue weighted by atomic mass is 9.88. The molecule has 4 heteroatoms. The van der Waals surface area contributed by atoms with Crippen LogP contribution < -0.4 is 11.1 Å². The average Bonchev–Trinajstić information content (AvgIpc) is 2.76. The second kappa shape index (κ2) is 5.53. The lowest BCUT2D eigenvalue weighted by molar-refractivity contribution is 0.102. The summed E-state index contributed by atoms with van der Waals surface area (Å²) in [7, 11) is 0. The number of rotatable bonds is 2. The molecule has 1 aromatic carbocycles. The minimum absolute atomic E-state index is 0.0802. The summed E-state index contributed by atoms with van der Waals surface area (Å²) in [6.07, 6.45) is 3.14. The number of fused-ring (bicyclic) bond motifs is 1. The predicted octanol–water partition coefficient (Wildman–Crippen LogP) is 4.02. The van der Waals surface area contributed by atoms with Gasteiger partial charge in [0.2, 0.25) is 0 Å². The molecule has 0 radical (unpaired) electrons. The molecule has 110 valence electrons. The SMILES string of the molecule is Cc1ccc(NC(=O)c2c(N)sc3c2CCC(C)C3)cc1. The molecule has 1 unspecified atom stereocenters. The first-order valence-corrected chi connectivity index (χ1v) is 8.14. The first kappa shape index (κ1) is 14.1. The number of nitrogen functional groups attached to an aromatic ring is 1. The van der Waals surface area contributed by atoms with Gasteiger partial charge in [0.15, 0.2) is 0 Å². The zero-order valence-electron chi connectivity index (χ0n) is 12.4. The van der Waals surface area contributed by atoms with E-state index in [0.717, 1.165) is 24.9 Å². The number of benzene rings is 1. The number of thiophene rings is 1. The van der Waals surface area contributed by atoms with Crippen molar-refractivity contribution in [2.45, 2.75) is 33.1 Å². The molecule has 0 spiro atoms. The summed E-state index contributed by atoms with van der Waals surface area (Å²) in [6.45, 7) is 4.28. The van der Waals surface area contributed by atoms with Crippen molar-refractivity contribution >= 4 is 27.9 Å². The molecule has 0 fully saturated rings. The van der Waals surface area contributed by atoms with Crippen LogP contribution in [0.1, 0.15) is 39.7 Å². The zero-order valence-corrected chi connectivity index (χ0v) is 13.2. The smallest absolute Gasteiger partial charge is 0.258 e. The van der Waals surface area contributed by atoms with Crippen molar-refractivity contribution in [3.8, 4) is 0 Å². The Morgan fingerprint density at radius 3 is 2.76 bits per heavy atom. The Hall–Kier alpha value is -1.81. The molecular formula is C17H20N2OS. The highest BCUT2D eigenvalue weighted by Crippen LogP contribution is 2.38. The predicted molar refractivity (Wildman–Crippen MR) is 89.1 cm³/mol. The van der Waals surface area contributed by atoms with E-state index in [0.29, 0.717) is 16.5 Å². The lowest BCUT2D eigenvalue weighted by Gasteiger charge is -2.18. The Kier molecular flexibility index (Phi) is 3.72. The number of carbonyl (C=O) groups excluding carboxylic acids is 1. The van der Waals surface area contributed by atoms with Gasteiger partial charge in [0.1, 0.15) is 0 Å². The fourth-order valence-electron chi connectivity index (χ4n) is 2.85. The molecule has 1 atom stereocenters. The molecule has 0 saturated carbocycles. The summed E-state index contributed by atoms with van der Waals surface area (Å²) in [6, 6.07) is 7.82. The number of aryl methyl sites for hydroxylation is 1. The van der Waals surface area contributed by atoms with Crippen LogP contribution in [0.2, 0.25) is 0 Å². The molecule has 1 aliphatic carbocycles. The van der Waals surface area contributed by atoms with E-state index in [2.05, 4.69) is 12.2 Å². The summed E-state index contributed by atoms with van der Waals surface area (Å²) >= 11 is 1.58. The molecule has 0 aliphatic heterocycles. The molecule has 2 aromatic rings. The van der Waals surface area contributed by atoms with E-state index in [9.17, 15) is 4.79 Å². The van der Waals surface area contributed by atoms with E-state index < -0.39 is 0 Å². The van der Waals surface area contributed by atoms with Crippen molar-refractivity contribution < 1.29 is 4.79 Å². The maximum atomic E-state index is 12.5. The summed E-state index contributed by atoms with van der Waals surface area (Å²) in [4.78, 5) is 13.8. The molecule has 0 bridgehead atoms. The highest BCUT2D eigenvalue weighted by Gasteiger charge is 2.26. The van der Waals surface area contributed by atoms with Gasteiger partial charge in [-0.15, -0.1) is 11.3 Å². The van der Waals surface area contributed by atoms with Gasteiger partial charge < -0.3 is 11.1 Å². The molecule has 21 heavy (non-hydrogen) atoms. The summed E-state index contributed by atoms with van der Waals surface area (Å²) in [5.41, 5.74) is 9.96. The topological polar surface area (TPSA) is 55.1 Å². The van der Waals surface area contributed by atoms with E-state index in [1.165, 1.54) is 16.0 Å². The minimum atomic E-state index is -0.0802. The van der Waals surface area contributed by atoms with E-state index in [-0.39, 0.29) is 5.91 Å². The second-order valence-corrected chi connectivity index (χ2v) is 7.05. The Labute approximate surface area is 129 Å². The summed E-state index contributed by atoms with van der Waals surface area (Å²) < 4.78 is 0. The molecule has 1 heterocycles. The van der Waals surface area contributed by atoms with Gasteiger partial charge in [-0.1, -0.05) is 24.6 Å². The van der Waals surface area contributed by atoms with Crippen LogP contribution in [-0.2, 0) is 12.8 Å². The second-order valence-electron chi connectivity index (χ2n) is 5.91. The first-order valence-electron chi connectivity index (χ1n) is 7.32. The molecule has 1 aliphatic rings. The van der Waals surface area contributed by atoms with E-state index in [4.69, 9.17) is 5.73 Å². The van der Waals surface area contributed by atoms with Crippen LogP contribution in [-0.4, -0.2) is 5.91 Å². The van der Waals surface area contributed by atoms with E-state index in [1.807, 2.05) is 31.2 Å². The van der Waals surface area contributed by atoms with Crippen LogP contribution in [0, 0.1) is 12.8 Å². The van der Waals surface area contributed by atoms with Gasteiger partial charge >= 0.3 is 0 Å². The third-order valence-electron chi connectivity index (χ3n) is 4.08. The van der Waals surface area contributed by atoms with Gasteiger partial charge in [-0.05, 0) is 49.8 Å². The standard InChI is InChI=1S/C17H20N2OS/c1-10-3-6-12(7-4-10)19-17(20)15-13-8-5-11(2)9-14(13)21-16(15)18/h3-4,6-7,11H,5,8-9,18H2,1-2H3,(H,19,20). The number of hydrogen-bond donors (Lipinski definition) is 2. The highest BCUT2D eigenvalue weighted by atomic mass is 32.1. The van der Waals surface area contributed by atoms with Gasteiger partial charge in [-0.3, -0.25) is 4.79 Å². The Balaban J connectivity index is 1.86. The van der Waals surface area contributed by atoms with Crippen molar-refractivity contribution in [3.63, 3.8) is 0 Å². The summed E-state index contributed by atoms with van der Waals surface area (Å²) in [5.74, 6) is 0.604. The van der Waals surface area contributed by atoms with Crippen molar-refractivity contribution in [3.05, 3.63) is 45.8 Å². The zero-order chi connectivity index (χ0) is 15.0. The van der Waals surface area contributed by atoms with Gasteiger partial charge in [-0.25, -0.2) is 0 Å². The molecule has 1 aromatic heterocycles. The number of anilines is 2. The lowest BCUT2D eigenvalue weighted by Crippen LogP contribution is -2.17. The average molecular weight is 300 g/mol. The Morgan fingerprint density at radius 2 is 2.05 bits per heavy atom. The van der Waals surface area contributed by atoms with Crippen molar-refractivity contribution in [2.75, 3.05) is 11.1 Å². The first-order chi connectivity index (χ1) is 10.0. The monoisotopic (exact) mass is 300 g/mol. The molecule has 0 saturated heterocycles. The Morgan fingerprint density at radius 1 is 1.33 bits per heavy atom. The molecule has 3 rings (SSSR count). The number of amides is 1. The van der Waals surface area contributed by atoms with Gasteiger partial charge in [0.25, 0.3) is 5.91 Å². The summed E-state index contributed by atoms with van der Waals surface area (Å²) in [5, 5.41) is 3.61. The van der Waals surface area contributed by atoms with Crippen LogP contribution in [0.3, 0.4) is 0 Å². The third-order valence-corrected chi connectivity index (χ3v) is 5.16. The number of carbonyl (C=O) groups is 1. The normalized spacial score (nSPS) is 17.3. The van der Waals surface area contributed by atoms with E-state index >= 15 is 0 Å². The largest absolute Gasteiger partial charge is 0.390 e. The van der Waals surface area contributed by atoms with Gasteiger partial charge in [-0.2, -0.15) is 0 Å². The maximum Gasteiger partial charge on any atom is 0.258 e. The molecule has 3 N–H and O–H groups in total. The van der Waals surface area contributed by atoms with Crippen LogP contribution in [0.25, 0.3) is 0 Å². The minimum Gasteiger partial charge on any atom is -0.390 e. The van der Waals surface area contributed by atoms with Crippen LogP contribution >= 0.6 is 11.3 Å². The van der Waals surface area contributed by atoms with Crippen molar-refractivity contribution in [2.24, 2.45) is 5.92 Å². The third kappa shape index (κ3) is 2.81. The highest BCUT2D eigenvalue weighted by molar-refractivity contribution is 7.16. The number of hydrogen-bond acceptors (Lipinski definition) is 3. The Bertz CT molecular complexity index is 673. The van der Waals surface area contributed by atoms with Crippen molar-refractivity contribution in [1.29, 1.82) is 0 Å². The van der Waals surface area contributed by atoms with Gasteiger partial charge in [0.05, 0.1) is 10.6 Å². The fraction of sp³-hybridized carbons (Fsp3) is 0.353. The van der Waals surface area contributed by atoms with Crippen molar-refractivity contribution in [1.82, 2.24) is 0 Å². The van der Waals surface area contributed by atoms with Crippen LogP contribution in [0.4, 0.5) is 10.7 Å². The fourth-order valence-corrected chi connectivity index (χ4v) is 4.13. The van der Waals surface area contributed by atoms with Gasteiger partial charge in [0, 0.05) is 10.6 Å². The van der Waals surface area contributed by atoms with E-state index in [1.54, 1.807) is 11.3 Å². The maximum absolute atomic E-state index is 12.5. The quantitative estimate of drug-likeness (QED) is 0.880. The molecule has 3 nitrogen and oxygen atoms in total. The molecular weight excluding hydrogens is 280 g/mol. The van der Waals surface area contributed by atoms with Crippen LogP contribution in [0.5, 0.6) is 0 Å².